The van der Waals surface area contributed by atoms with Crippen LogP contribution in [0.5, 0.6) is 17.2 Å². The summed E-state index contributed by atoms with van der Waals surface area (Å²) in [6.45, 7) is 5.77. The molecule has 0 unspecified atom stereocenters. The van der Waals surface area contributed by atoms with Crippen LogP contribution in [0.15, 0.2) is 30.3 Å². The van der Waals surface area contributed by atoms with Crippen molar-refractivity contribution in [3.8, 4) is 17.2 Å². The van der Waals surface area contributed by atoms with Gasteiger partial charge in [0.05, 0.1) is 30.2 Å². The molecule has 2 rings (SSSR count). The van der Waals surface area contributed by atoms with Crippen LogP contribution in [-0.4, -0.2) is 24.2 Å². The summed E-state index contributed by atoms with van der Waals surface area (Å²) in [4.78, 5) is 12.6. The number of nitrogens with one attached hydrogen (secondary N) is 1. The predicted octanol–water partition coefficient (Wildman–Crippen LogP) is 3.33. The Labute approximate surface area is 141 Å². The van der Waals surface area contributed by atoms with Crippen molar-refractivity contribution in [3.05, 3.63) is 41.5 Å². The topological polar surface area (TPSA) is 93.8 Å². The summed E-state index contributed by atoms with van der Waals surface area (Å²) in [5.74, 6) is -0.0738. The van der Waals surface area contributed by atoms with Gasteiger partial charge in [-0.05, 0) is 50.6 Å². The van der Waals surface area contributed by atoms with Crippen LogP contribution in [0.25, 0.3) is 0 Å². The lowest BCUT2D eigenvalue weighted by Crippen LogP contribution is -2.15. The summed E-state index contributed by atoms with van der Waals surface area (Å²) in [5.41, 5.74) is 7.51. The van der Waals surface area contributed by atoms with Crippen LogP contribution >= 0.6 is 0 Å². The van der Waals surface area contributed by atoms with E-state index in [1.807, 2.05) is 32.9 Å². The number of nitrogens with two attached hydrogens (primary N) is 1. The van der Waals surface area contributed by atoms with E-state index in [2.05, 4.69) is 5.32 Å². The van der Waals surface area contributed by atoms with E-state index in [9.17, 15) is 9.90 Å². The maximum Gasteiger partial charge on any atom is 0.259 e. The highest BCUT2D eigenvalue weighted by Gasteiger charge is 2.19. The zero-order valence-electron chi connectivity index (χ0n) is 14.2. The van der Waals surface area contributed by atoms with Crippen molar-refractivity contribution in [2.45, 2.75) is 26.9 Å². The highest BCUT2D eigenvalue weighted by atomic mass is 16.5. The molecule has 0 aromatic heterocycles. The fraction of sp³-hybridized carbons (Fsp3) is 0.278. The fourth-order valence-electron chi connectivity index (χ4n) is 2.25. The summed E-state index contributed by atoms with van der Waals surface area (Å²) in [6.07, 6.45) is -0.0300. The number of hydrogen-bond donors (Lipinski definition) is 3. The largest absolute Gasteiger partial charge is 0.503 e. The monoisotopic (exact) mass is 330 g/mol. The third kappa shape index (κ3) is 3.71. The molecule has 6 heteroatoms. The van der Waals surface area contributed by atoms with Gasteiger partial charge in [0.2, 0.25) is 0 Å². The number of phenolic OH excluding ortho intramolecular Hbond substituents is 1. The number of benzene rings is 2. The van der Waals surface area contributed by atoms with E-state index in [1.54, 1.807) is 6.07 Å². The summed E-state index contributed by atoms with van der Waals surface area (Å²) in [5, 5.41) is 12.7. The summed E-state index contributed by atoms with van der Waals surface area (Å²) >= 11 is 0. The maximum atomic E-state index is 12.6. The van der Waals surface area contributed by atoms with Gasteiger partial charge < -0.3 is 25.6 Å². The zero-order valence-corrected chi connectivity index (χ0v) is 14.2. The quantitative estimate of drug-likeness (QED) is 0.577. The summed E-state index contributed by atoms with van der Waals surface area (Å²) in [6, 6.07) is 8.45. The van der Waals surface area contributed by atoms with Gasteiger partial charge in [-0.25, -0.2) is 0 Å². The van der Waals surface area contributed by atoms with Crippen molar-refractivity contribution in [2.24, 2.45) is 0 Å². The van der Waals surface area contributed by atoms with Gasteiger partial charge in [0.1, 0.15) is 5.75 Å². The molecule has 0 fully saturated rings. The number of rotatable bonds is 5. The minimum atomic E-state index is -0.431. The zero-order chi connectivity index (χ0) is 17.9. The van der Waals surface area contributed by atoms with E-state index < -0.39 is 5.91 Å². The van der Waals surface area contributed by atoms with Crippen LogP contribution in [0.3, 0.4) is 0 Å². The van der Waals surface area contributed by atoms with Gasteiger partial charge in [-0.15, -0.1) is 0 Å². The molecule has 2 aromatic carbocycles. The van der Waals surface area contributed by atoms with Crippen molar-refractivity contribution < 1.29 is 19.4 Å². The Bertz CT molecular complexity index is 757. The molecule has 0 saturated carbocycles. The minimum Gasteiger partial charge on any atom is -0.503 e. The molecular formula is C18H22N2O4. The first-order chi connectivity index (χ1) is 11.3. The third-order valence-corrected chi connectivity index (χ3v) is 3.36. The van der Waals surface area contributed by atoms with E-state index in [-0.39, 0.29) is 28.9 Å². The average Bonchev–Trinajstić information content (AvgIpc) is 2.51. The molecule has 0 heterocycles. The first kappa shape index (κ1) is 17.5. The molecule has 0 saturated heterocycles. The molecule has 0 aliphatic rings. The second-order valence-electron chi connectivity index (χ2n) is 5.70. The van der Waals surface area contributed by atoms with Crippen molar-refractivity contribution in [2.75, 3.05) is 18.2 Å². The smallest absolute Gasteiger partial charge is 0.259 e. The molecule has 1 amide bonds. The maximum absolute atomic E-state index is 12.6. The van der Waals surface area contributed by atoms with E-state index in [0.29, 0.717) is 11.4 Å². The Hall–Kier alpha value is -2.89. The molecule has 128 valence electrons. The second kappa shape index (κ2) is 7.12. The van der Waals surface area contributed by atoms with Gasteiger partial charge in [-0.1, -0.05) is 6.07 Å². The number of methoxy groups -OCH3 is 1. The molecule has 6 nitrogen and oxygen atoms in total. The molecule has 0 radical (unpaired) electrons. The van der Waals surface area contributed by atoms with Crippen molar-refractivity contribution in [1.82, 2.24) is 0 Å². The number of amides is 1. The van der Waals surface area contributed by atoms with Crippen LogP contribution in [0.1, 0.15) is 29.8 Å². The summed E-state index contributed by atoms with van der Waals surface area (Å²) in [7, 11) is 1.37. The number of ether oxygens (including phenoxy) is 2. The number of aryl methyl sites for hydroxylation is 1. The standard InChI is InChI=1S/C18H22N2O4/c1-10(2)24-15-9-11(3)5-8-14(15)20-18(22)12-6-7-13(19)16(21)17(12)23-4/h5-10,21H,19H2,1-4H3,(H,20,22). The van der Waals surface area contributed by atoms with Gasteiger partial charge in [0.25, 0.3) is 5.91 Å². The first-order valence-electron chi connectivity index (χ1n) is 7.57. The Balaban J connectivity index is 2.36. The molecule has 0 bridgehead atoms. The Kier molecular flexibility index (Phi) is 5.18. The fourth-order valence-corrected chi connectivity index (χ4v) is 2.25. The molecular weight excluding hydrogens is 308 g/mol. The number of carbonyl (C=O) groups excluding carboxylic acids is 1. The molecule has 0 atom stereocenters. The van der Waals surface area contributed by atoms with E-state index in [1.165, 1.54) is 19.2 Å². The number of carbonyl (C=O) groups is 1. The molecule has 0 spiro atoms. The number of nitrogen functional groups attached to an aromatic ring is 1. The Morgan fingerprint density at radius 3 is 2.58 bits per heavy atom. The van der Waals surface area contributed by atoms with Gasteiger partial charge >= 0.3 is 0 Å². The van der Waals surface area contributed by atoms with Crippen LogP contribution in [0.2, 0.25) is 0 Å². The van der Waals surface area contributed by atoms with Gasteiger partial charge in [0, 0.05) is 0 Å². The molecule has 0 aliphatic carbocycles. The first-order valence-corrected chi connectivity index (χ1v) is 7.57. The number of phenols is 1. The normalized spacial score (nSPS) is 10.5. The SMILES string of the molecule is COc1c(C(=O)Nc2ccc(C)cc2OC(C)C)ccc(N)c1O. The van der Waals surface area contributed by atoms with Crippen LogP contribution < -0.4 is 20.5 Å². The van der Waals surface area contributed by atoms with Crippen LogP contribution in [-0.2, 0) is 0 Å². The van der Waals surface area contributed by atoms with E-state index in [0.717, 1.165) is 5.56 Å². The van der Waals surface area contributed by atoms with Crippen molar-refractivity contribution >= 4 is 17.3 Å². The molecule has 4 N–H and O–H groups in total. The van der Waals surface area contributed by atoms with Crippen molar-refractivity contribution in [3.63, 3.8) is 0 Å². The van der Waals surface area contributed by atoms with Crippen LogP contribution in [0, 0.1) is 6.92 Å². The van der Waals surface area contributed by atoms with E-state index in [4.69, 9.17) is 15.2 Å². The second-order valence-corrected chi connectivity index (χ2v) is 5.70. The van der Waals surface area contributed by atoms with E-state index >= 15 is 0 Å². The molecule has 24 heavy (non-hydrogen) atoms. The number of anilines is 2. The lowest BCUT2D eigenvalue weighted by molar-refractivity contribution is 0.102. The molecule has 2 aromatic rings. The number of aromatic hydroxyl groups is 1. The number of hydrogen-bond acceptors (Lipinski definition) is 5. The average molecular weight is 330 g/mol. The predicted molar refractivity (Wildman–Crippen MR) is 94.0 cm³/mol. The lowest BCUT2D eigenvalue weighted by atomic mass is 10.1. The van der Waals surface area contributed by atoms with Gasteiger partial charge in [-0.2, -0.15) is 0 Å². The minimum absolute atomic E-state index is 0.0300. The highest BCUT2D eigenvalue weighted by Crippen LogP contribution is 2.36. The Morgan fingerprint density at radius 1 is 1.25 bits per heavy atom. The van der Waals surface area contributed by atoms with Crippen molar-refractivity contribution in [1.29, 1.82) is 0 Å². The van der Waals surface area contributed by atoms with Gasteiger partial charge in [-0.3, -0.25) is 4.79 Å². The summed E-state index contributed by atoms with van der Waals surface area (Å²) < 4.78 is 10.9. The van der Waals surface area contributed by atoms with Gasteiger partial charge in [0.15, 0.2) is 11.5 Å². The highest BCUT2D eigenvalue weighted by molar-refractivity contribution is 6.07. The third-order valence-electron chi connectivity index (χ3n) is 3.36. The molecule has 0 aliphatic heterocycles. The Morgan fingerprint density at radius 2 is 1.96 bits per heavy atom. The van der Waals surface area contributed by atoms with Crippen LogP contribution in [0.4, 0.5) is 11.4 Å². The lowest BCUT2D eigenvalue weighted by Gasteiger charge is -2.17.